The summed E-state index contributed by atoms with van der Waals surface area (Å²) in [6.45, 7) is 14.6. The van der Waals surface area contributed by atoms with Crippen molar-refractivity contribution in [3.05, 3.63) is 34.1 Å². The van der Waals surface area contributed by atoms with Crippen molar-refractivity contribution in [2.75, 3.05) is 13.1 Å². The molecule has 0 aliphatic carbocycles. The van der Waals surface area contributed by atoms with Crippen LogP contribution in [-0.4, -0.2) is 29.2 Å². The first-order chi connectivity index (χ1) is 11.7. The summed E-state index contributed by atoms with van der Waals surface area (Å²) in [6.07, 6.45) is 0. The van der Waals surface area contributed by atoms with Crippen LogP contribution in [0.15, 0.2) is 27.0 Å². The predicted molar refractivity (Wildman–Crippen MR) is 119 cm³/mol. The van der Waals surface area contributed by atoms with Gasteiger partial charge in [-0.1, -0.05) is 45.8 Å². The topological polar surface area (TPSA) is 75.3 Å². The second-order valence-electron chi connectivity index (χ2n) is 7.68. The minimum Gasteiger partial charge on any atom is -0.357 e. The number of nitrogens with zero attached hydrogens (tertiary/aromatic N) is 3. The molecular formula is C18H30IN5OS. The quantitative estimate of drug-likeness (QED) is 0.362. The van der Waals surface area contributed by atoms with Crippen LogP contribution in [0.2, 0.25) is 0 Å². The van der Waals surface area contributed by atoms with Gasteiger partial charge in [-0.15, -0.1) is 35.3 Å². The Hall–Kier alpha value is -1.16. The molecule has 0 radical (unpaired) electrons. The first-order valence-electron chi connectivity index (χ1n) is 8.61. The van der Waals surface area contributed by atoms with E-state index in [0.29, 0.717) is 18.3 Å². The Balaban J connectivity index is 0.00000338. The average molecular weight is 491 g/mol. The standard InChI is InChI=1S/C18H29N5OS.HI/c1-7-19-16(21-12-18(5,6)13-9-8-10-25-13)20-11-14-22-15(24-23-14)17(2,3)4;/h8-10H,7,11-12H2,1-6H3,(H2,19,20,21);1H. The van der Waals surface area contributed by atoms with Crippen molar-refractivity contribution in [3.8, 4) is 0 Å². The molecule has 0 aliphatic heterocycles. The van der Waals surface area contributed by atoms with Crippen LogP contribution >= 0.6 is 35.3 Å². The van der Waals surface area contributed by atoms with Crippen LogP contribution in [0.4, 0.5) is 0 Å². The van der Waals surface area contributed by atoms with E-state index in [-0.39, 0.29) is 34.8 Å². The zero-order chi connectivity index (χ0) is 18.5. The van der Waals surface area contributed by atoms with Gasteiger partial charge in [0.15, 0.2) is 11.8 Å². The molecule has 26 heavy (non-hydrogen) atoms. The average Bonchev–Trinajstić information content (AvgIpc) is 3.20. The van der Waals surface area contributed by atoms with Gasteiger partial charge in [-0.2, -0.15) is 4.98 Å². The minimum atomic E-state index is -0.150. The van der Waals surface area contributed by atoms with E-state index in [1.165, 1.54) is 4.88 Å². The highest BCUT2D eigenvalue weighted by Gasteiger charge is 2.23. The maximum Gasteiger partial charge on any atom is 0.232 e. The zero-order valence-electron chi connectivity index (χ0n) is 16.4. The van der Waals surface area contributed by atoms with Crippen molar-refractivity contribution in [2.45, 2.75) is 58.9 Å². The number of hydrogen-bond acceptors (Lipinski definition) is 5. The maximum atomic E-state index is 5.31. The number of hydrogen-bond donors (Lipinski definition) is 2. The summed E-state index contributed by atoms with van der Waals surface area (Å²) in [5, 5.41) is 12.8. The fraction of sp³-hybridized carbons (Fsp3) is 0.611. The van der Waals surface area contributed by atoms with Crippen LogP contribution in [-0.2, 0) is 17.4 Å². The number of aliphatic imine (C=N–C) groups is 1. The Bertz CT molecular complexity index is 689. The summed E-state index contributed by atoms with van der Waals surface area (Å²) in [4.78, 5) is 10.4. The van der Waals surface area contributed by atoms with Crippen LogP contribution in [0.3, 0.4) is 0 Å². The van der Waals surface area contributed by atoms with Crippen molar-refractivity contribution in [1.29, 1.82) is 0 Å². The third kappa shape index (κ3) is 6.53. The van der Waals surface area contributed by atoms with E-state index in [2.05, 4.69) is 57.1 Å². The molecule has 0 saturated carbocycles. The van der Waals surface area contributed by atoms with E-state index in [1.807, 2.05) is 27.7 Å². The Morgan fingerprint density at radius 2 is 1.96 bits per heavy atom. The molecule has 8 heteroatoms. The molecule has 2 heterocycles. The molecule has 0 aliphatic rings. The zero-order valence-corrected chi connectivity index (χ0v) is 19.6. The van der Waals surface area contributed by atoms with Gasteiger partial charge in [-0.3, -0.25) is 0 Å². The van der Waals surface area contributed by atoms with Crippen molar-refractivity contribution in [1.82, 2.24) is 20.8 Å². The molecule has 0 fully saturated rings. The van der Waals surface area contributed by atoms with Gasteiger partial charge < -0.3 is 15.2 Å². The fourth-order valence-electron chi connectivity index (χ4n) is 2.17. The monoisotopic (exact) mass is 491 g/mol. The lowest BCUT2D eigenvalue weighted by atomic mass is 9.91. The predicted octanol–water partition coefficient (Wildman–Crippen LogP) is 4.08. The van der Waals surface area contributed by atoms with Crippen LogP contribution in [0, 0.1) is 0 Å². The fourth-order valence-corrected chi connectivity index (χ4v) is 3.02. The molecule has 146 valence electrons. The summed E-state index contributed by atoms with van der Waals surface area (Å²) in [5.74, 6) is 1.99. The Kier molecular flexibility index (Phi) is 8.52. The number of guanidine groups is 1. The van der Waals surface area contributed by atoms with Gasteiger partial charge in [0.2, 0.25) is 5.89 Å². The number of nitrogens with one attached hydrogen (secondary N) is 2. The van der Waals surface area contributed by atoms with Crippen molar-refractivity contribution in [2.24, 2.45) is 4.99 Å². The van der Waals surface area contributed by atoms with Crippen LogP contribution < -0.4 is 10.6 Å². The highest BCUT2D eigenvalue weighted by atomic mass is 127. The van der Waals surface area contributed by atoms with Crippen LogP contribution in [0.5, 0.6) is 0 Å². The summed E-state index contributed by atoms with van der Waals surface area (Å²) < 4.78 is 5.31. The number of thiophene rings is 1. The SMILES string of the molecule is CCNC(=NCc1noc(C(C)(C)C)n1)NCC(C)(C)c1cccs1.I. The van der Waals surface area contributed by atoms with Gasteiger partial charge in [0.1, 0.15) is 6.54 Å². The molecule has 0 atom stereocenters. The minimum absolute atomic E-state index is 0. The van der Waals surface area contributed by atoms with Gasteiger partial charge in [-0.25, -0.2) is 4.99 Å². The summed E-state index contributed by atoms with van der Waals surface area (Å²) >= 11 is 1.78. The first-order valence-corrected chi connectivity index (χ1v) is 9.49. The van der Waals surface area contributed by atoms with Gasteiger partial charge >= 0.3 is 0 Å². The van der Waals surface area contributed by atoms with Crippen LogP contribution in [0.1, 0.15) is 58.1 Å². The molecule has 0 spiro atoms. The third-order valence-corrected chi connectivity index (χ3v) is 4.95. The van der Waals surface area contributed by atoms with Gasteiger partial charge in [-0.05, 0) is 18.4 Å². The summed E-state index contributed by atoms with van der Waals surface area (Å²) in [5.41, 5.74) is -0.113. The van der Waals surface area contributed by atoms with Gasteiger partial charge in [0.05, 0.1) is 0 Å². The Morgan fingerprint density at radius 3 is 2.50 bits per heavy atom. The lowest BCUT2D eigenvalue weighted by Crippen LogP contribution is -2.43. The summed E-state index contributed by atoms with van der Waals surface area (Å²) in [6, 6.07) is 4.26. The lowest BCUT2D eigenvalue weighted by molar-refractivity contribution is 0.318. The normalized spacial score (nSPS) is 12.6. The Labute approximate surface area is 177 Å². The molecule has 2 aromatic heterocycles. The molecule has 6 nitrogen and oxygen atoms in total. The van der Waals surface area contributed by atoms with E-state index in [4.69, 9.17) is 4.52 Å². The van der Waals surface area contributed by atoms with Crippen molar-refractivity contribution in [3.63, 3.8) is 0 Å². The molecule has 2 N–H and O–H groups in total. The van der Waals surface area contributed by atoms with E-state index in [0.717, 1.165) is 19.0 Å². The Morgan fingerprint density at radius 1 is 1.23 bits per heavy atom. The molecule has 0 aromatic carbocycles. The van der Waals surface area contributed by atoms with E-state index in [9.17, 15) is 0 Å². The first kappa shape index (κ1) is 22.9. The molecule has 2 aromatic rings. The number of aromatic nitrogens is 2. The molecule has 0 unspecified atom stereocenters. The third-order valence-electron chi connectivity index (χ3n) is 3.72. The van der Waals surface area contributed by atoms with Crippen molar-refractivity contribution >= 4 is 41.3 Å². The number of halogens is 1. The van der Waals surface area contributed by atoms with E-state index >= 15 is 0 Å². The maximum absolute atomic E-state index is 5.31. The second kappa shape index (κ2) is 9.68. The van der Waals surface area contributed by atoms with Gasteiger partial charge in [0, 0.05) is 28.8 Å². The largest absolute Gasteiger partial charge is 0.357 e. The van der Waals surface area contributed by atoms with E-state index in [1.54, 1.807) is 11.3 Å². The number of rotatable bonds is 6. The molecule has 0 bridgehead atoms. The molecular weight excluding hydrogens is 461 g/mol. The van der Waals surface area contributed by atoms with E-state index < -0.39 is 0 Å². The van der Waals surface area contributed by atoms with Gasteiger partial charge in [0.25, 0.3) is 0 Å². The van der Waals surface area contributed by atoms with Crippen molar-refractivity contribution < 1.29 is 4.52 Å². The lowest BCUT2D eigenvalue weighted by Gasteiger charge is -2.25. The van der Waals surface area contributed by atoms with Crippen LogP contribution in [0.25, 0.3) is 0 Å². The highest BCUT2D eigenvalue weighted by Crippen LogP contribution is 2.26. The summed E-state index contributed by atoms with van der Waals surface area (Å²) in [7, 11) is 0. The molecule has 0 amide bonds. The smallest absolute Gasteiger partial charge is 0.232 e. The molecule has 2 rings (SSSR count). The highest BCUT2D eigenvalue weighted by molar-refractivity contribution is 14.0. The molecule has 0 saturated heterocycles. The second-order valence-corrected chi connectivity index (χ2v) is 8.62.